The quantitative estimate of drug-likeness (QED) is 0.870. The average Bonchev–Trinajstić information content (AvgIpc) is 2.52. The molecule has 0 saturated carbocycles. The van der Waals surface area contributed by atoms with Gasteiger partial charge in [-0.25, -0.2) is 0 Å². The van der Waals surface area contributed by atoms with Gasteiger partial charge in [0.15, 0.2) is 0 Å². The van der Waals surface area contributed by atoms with E-state index in [1.165, 1.54) is 0 Å². The van der Waals surface area contributed by atoms with Gasteiger partial charge in [-0.3, -0.25) is 0 Å². The van der Waals surface area contributed by atoms with Gasteiger partial charge in [0.2, 0.25) is 0 Å². The Kier molecular flexibility index (Phi) is 5.48. The van der Waals surface area contributed by atoms with Crippen molar-refractivity contribution in [2.75, 3.05) is 20.8 Å². The summed E-state index contributed by atoms with van der Waals surface area (Å²) < 4.78 is 10.7. The molecule has 1 N–H and O–H groups in total. The molecule has 0 saturated heterocycles. The van der Waals surface area contributed by atoms with Crippen molar-refractivity contribution in [3.63, 3.8) is 0 Å². The summed E-state index contributed by atoms with van der Waals surface area (Å²) in [5, 5.41) is 3.99. The minimum atomic E-state index is 0.706. The van der Waals surface area contributed by atoms with Gasteiger partial charge in [0.25, 0.3) is 0 Å². The van der Waals surface area contributed by atoms with E-state index in [-0.39, 0.29) is 0 Å². The molecule has 112 valence electrons. The molecule has 2 rings (SSSR count). The Bertz CT molecular complexity index is 614. The van der Waals surface area contributed by atoms with E-state index in [1.807, 2.05) is 30.3 Å². The Labute approximate surface area is 130 Å². The second-order valence-electron chi connectivity index (χ2n) is 4.66. The van der Waals surface area contributed by atoms with Crippen LogP contribution < -0.4 is 14.8 Å². The number of methoxy groups -OCH3 is 2. The van der Waals surface area contributed by atoms with Crippen molar-refractivity contribution in [3.05, 3.63) is 47.0 Å². The smallest absolute Gasteiger partial charge is 0.127 e. The first-order valence-corrected chi connectivity index (χ1v) is 7.29. The third-order valence-corrected chi connectivity index (χ3v) is 3.62. The Balaban J connectivity index is 2.41. The molecule has 0 heterocycles. The molecular formula is C17H20ClNO2. The van der Waals surface area contributed by atoms with E-state index in [2.05, 4.69) is 18.3 Å². The van der Waals surface area contributed by atoms with Crippen LogP contribution in [-0.2, 0) is 6.54 Å². The maximum Gasteiger partial charge on any atom is 0.127 e. The normalized spacial score (nSPS) is 10.5. The summed E-state index contributed by atoms with van der Waals surface area (Å²) in [4.78, 5) is 0. The van der Waals surface area contributed by atoms with Gasteiger partial charge in [0, 0.05) is 22.7 Å². The van der Waals surface area contributed by atoms with Gasteiger partial charge >= 0.3 is 0 Å². The minimum Gasteiger partial charge on any atom is -0.497 e. The van der Waals surface area contributed by atoms with Crippen molar-refractivity contribution in [1.29, 1.82) is 0 Å². The molecule has 0 amide bonds. The van der Waals surface area contributed by atoms with Gasteiger partial charge in [-0.15, -0.1) is 0 Å². The van der Waals surface area contributed by atoms with E-state index in [9.17, 15) is 0 Å². The van der Waals surface area contributed by atoms with Crippen molar-refractivity contribution in [1.82, 2.24) is 5.32 Å². The monoisotopic (exact) mass is 305 g/mol. The lowest BCUT2D eigenvalue weighted by Crippen LogP contribution is -2.11. The van der Waals surface area contributed by atoms with Gasteiger partial charge < -0.3 is 14.8 Å². The molecule has 0 fully saturated rings. The molecular weight excluding hydrogens is 286 g/mol. The van der Waals surface area contributed by atoms with Crippen LogP contribution in [-0.4, -0.2) is 20.8 Å². The standard InChI is InChI=1S/C17H20ClNO2/c1-4-19-11-12-5-7-14(16(18)9-12)15-10-13(20-2)6-8-17(15)21-3/h5-10,19H,4,11H2,1-3H3. The summed E-state index contributed by atoms with van der Waals surface area (Å²) in [5.41, 5.74) is 3.02. The lowest BCUT2D eigenvalue weighted by Gasteiger charge is -2.13. The van der Waals surface area contributed by atoms with Crippen LogP contribution in [0.3, 0.4) is 0 Å². The molecule has 0 aliphatic carbocycles. The Hall–Kier alpha value is -1.71. The number of nitrogens with one attached hydrogen (secondary N) is 1. The van der Waals surface area contributed by atoms with E-state index >= 15 is 0 Å². The van der Waals surface area contributed by atoms with Gasteiger partial charge in [0.1, 0.15) is 11.5 Å². The summed E-state index contributed by atoms with van der Waals surface area (Å²) >= 11 is 6.44. The van der Waals surface area contributed by atoms with E-state index in [1.54, 1.807) is 14.2 Å². The molecule has 0 aliphatic heterocycles. The van der Waals surface area contributed by atoms with Gasteiger partial charge in [-0.05, 0) is 36.4 Å². The highest BCUT2D eigenvalue weighted by Crippen LogP contribution is 2.37. The first kappa shape index (κ1) is 15.7. The largest absolute Gasteiger partial charge is 0.497 e. The van der Waals surface area contributed by atoms with Crippen LogP contribution in [0.15, 0.2) is 36.4 Å². The zero-order chi connectivity index (χ0) is 15.2. The highest BCUT2D eigenvalue weighted by Gasteiger charge is 2.11. The molecule has 2 aromatic carbocycles. The van der Waals surface area contributed by atoms with Crippen LogP contribution >= 0.6 is 11.6 Å². The summed E-state index contributed by atoms with van der Waals surface area (Å²) in [6.07, 6.45) is 0. The fourth-order valence-electron chi connectivity index (χ4n) is 2.18. The Morgan fingerprint density at radius 2 is 1.81 bits per heavy atom. The zero-order valence-electron chi connectivity index (χ0n) is 12.6. The maximum absolute atomic E-state index is 6.44. The SMILES string of the molecule is CCNCc1ccc(-c2cc(OC)ccc2OC)c(Cl)c1. The molecule has 4 heteroatoms. The molecule has 0 atom stereocenters. The molecule has 0 bridgehead atoms. The fraction of sp³-hybridized carbons (Fsp3) is 0.294. The fourth-order valence-corrected chi connectivity index (χ4v) is 2.49. The van der Waals surface area contributed by atoms with Gasteiger partial charge in [-0.1, -0.05) is 30.7 Å². The number of hydrogen-bond donors (Lipinski definition) is 1. The first-order chi connectivity index (χ1) is 10.2. The van der Waals surface area contributed by atoms with Crippen LogP contribution in [0.25, 0.3) is 11.1 Å². The predicted octanol–water partition coefficient (Wildman–Crippen LogP) is 4.13. The number of halogens is 1. The second kappa shape index (κ2) is 7.34. The summed E-state index contributed by atoms with van der Waals surface area (Å²) in [6, 6.07) is 11.8. The summed E-state index contributed by atoms with van der Waals surface area (Å²) in [6.45, 7) is 3.83. The molecule has 3 nitrogen and oxygen atoms in total. The molecule has 0 radical (unpaired) electrons. The summed E-state index contributed by atoms with van der Waals surface area (Å²) in [7, 11) is 3.30. The van der Waals surface area contributed by atoms with Crippen LogP contribution in [0, 0.1) is 0 Å². The van der Waals surface area contributed by atoms with Crippen molar-refractivity contribution in [2.24, 2.45) is 0 Å². The van der Waals surface area contributed by atoms with Crippen LogP contribution in [0.4, 0.5) is 0 Å². The van der Waals surface area contributed by atoms with Crippen molar-refractivity contribution < 1.29 is 9.47 Å². The molecule has 0 unspecified atom stereocenters. The van der Waals surface area contributed by atoms with Gasteiger partial charge in [0.05, 0.1) is 14.2 Å². The first-order valence-electron chi connectivity index (χ1n) is 6.91. The third kappa shape index (κ3) is 3.69. The predicted molar refractivity (Wildman–Crippen MR) is 87.4 cm³/mol. The lowest BCUT2D eigenvalue weighted by molar-refractivity contribution is 0.404. The lowest BCUT2D eigenvalue weighted by atomic mass is 10.0. The molecule has 0 spiro atoms. The number of rotatable bonds is 6. The maximum atomic E-state index is 6.44. The van der Waals surface area contributed by atoms with E-state index in [0.717, 1.165) is 41.3 Å². The highest BCUT2D eigenvalue weighted by molar-refractivity contribution is 6.33. The molecule has 2 aromatic rings. The van der Waals surface area contributed by atoms with Crippen molar-refractivity contribution in [3.8, 4) is 22.6 Å². The second-order valence-corrected chi connectivity index (χ2v) is 5.07. The van der Waals surface area contributed by atoms with Crippen LogP contribution in [0.5, 0.6) is 11.5 Å². The Morgan fingerprint density at radius 3 is 2.43 bits per heavy atom. The number of benzene rings is 2. The number of ether oxygens (including phenoxy) is 2. The van der Waals surface area contributed by atoms with E-state index in [4.69, 9.17) is 21.1 Å². The van der Waals surface area contributed by atoms with Crippen LogP contribution in [0.1, 0.15) is 12.5 Å². The van der Waals surface area contributed by atoms with Crippen molar-refractivity contribution in [2.45, 2.75) is 13.5 Å². The minimum absolute atomic E-state index is 0.706. The Morgan fingerprint density at radius 1 is 1.00 bits per heavy atom. The zero-order valence-corrected chi connectivity index (χ0v) is 13.3. The third-order valence-electron chi connectivity index (χ3n) is 3.31. The summed E-state index contributed by atoms with van der Waals surface area (Å²) in [5.74, 6) is 1.55. The van der Waals surface area contributed by atoms with Crippen molar-refractivity contribution >= 4 is 11.6 Å². The number of hydrogen-bond acceptors (Lipinski definition) is 3. The van der Waals surface area contributed by atoms with Gasteiger partial charge in [-0.2, -0.15) is 0 Å². The molecule has 0 aliphatic rings. The van der Waals surface area contributed by atoms with E-state index < -0.39 is 0 Å². The average molecular weight is 306 g/mol. The molecule has 0 aromatic heterocycles. The highest BCUT2D eigenvalue weighted by atomic mass is 35.5. The van der Waals surface area contributed by atoms with Crippen LogP contribution in [0.2, 0.25) is 5.02 Å². The molecule has 21 heavy (non-hydrogen) atoms. The topological polar surface area (TPSA) is 30.5 Å². The van der Waals surface area contributed by atoms with E-state index in [0.29, 0.717) is 5.02 Å².